The van der Waals surface area contributed by atoms with Gasteiger partial charge >= 0.3 is 0 Å². The minimum atomic E-state index is -3.83. The van der Waals surface area contributed by atoms with Crippen LogP contribution in [0.1, 0.15) is 38.5 Å². The highest BCUT2D eigenvalue weighted by Gasteiger charge is 2.20. The minimum absolute atomic E-state index is 0.0377. The molecule has 2 rings (SSSR count). The van der Waals surface area contributed by atoms with Crippen molar-refractivity contribution in [2.75, 3.05) is 0 Å². The molecule has 0 amide bonds. The second-order valence-corrected chi connectivity index (χ2v) is 6.83. The predicted molar refractivity (Wildman–Crippen MR) is 74.9 cm³/mol. The fourth-order valence-corrected chi connectivity index (χ4v) is 3.27. The summed E-state index contributed by atoms with van der Waals surface area (Å²) in [7, 11) is -3.83. The van der Waals surface area contributed by atoms with E-state index < -0.39 is 10.0 Å². The summed E-state index contributed by atoms with van der Waals surface area (Å²) < 4.78 is 28.9. The lowest BCUT2D eigenvalue weighted by atomic mass is 10.1. The van der Waals surface area contributed by atoms with Gasteiger partial charge in [0.15, 0.2) is 0 Å². The van der Waals surface area contributed by atoms with Gasteiger partial charge in [-0.25, -0.2) is 13.6 Å². The van der Waals surface area contributed by atoms with Gasteiger partial charge in [-0.1, -0.05) is 24.4 Å². The standard InChI is InChI=1S/C13H18ClNO3S/c14-10-7-8-12(13(9-10)19(15,16)17)18-11-5-3-1-2-4-6-11/h7-9,11H,1-6H2,(H2,15,16,17). The lowest BCUT2D eigenvalue weighted by molar-refractivity contribution is 0.179. The fraction of sp³-hybridized carbons (Fsp3) is 0.538. The van der Waals surface area contributed by atoms with Gasteiger partial charge in [0.05, 0.1) is 6.10 Å². The SMILES string of the molecule is NS(=O)(=O)c1cc(Cl)ccc1OC1CCCCCC1. The molecule has 106 valence electrons. The van der Waals surface area contributed by atoms with Crippen LogP contribution in [0.4, 0.5) is 0 Å². The summed E-state index contributed by atoms with van der Waals surface area (Å²) in [6.07, 6.45) is 6.61. The Kier molecular flexibility index (Phi) is 4.71. The number of sulfonamides is 1. The molecule has 1 aromatic carbocycles. The van der Waals surface area contributed by atoms with Crippen LogP contribution in [-0.2, 0) is 10.0 Å². The molecule has 4 nitrogen and oxygen atoms in total. The molecule has 1 saturated carbocycles. The number of halogens is 1. The first-order valence-electron chi connectivity index (χ1n) is 6.46. The molecule has 1 aromatic rings. The smallest absolute Gasteiger partial charge is 0.241 e. The number of rotatable bonds is 3. The zero-order chi connectivity index (χ0) is 13.9. The third kappa shape index (κ3) is 4.09. The molecular weight excluding hydrogens is 286 g/mol. The largest absolute Gasteiger partial charge is 0.489 e. The van der Waals surface area contributed by atoms with Crippen molar-refractivity contribution in [2.45, 2.75) is 49.5 Å². The Labute approximate surface area is 118 Å². The first kappa shape index (κ1) is 14.6. The van der Waals surface area contributed by atoms with Crippen LogP contribution < -0.4 is 9.88 Å². The Morgan fingerprint density at radius 3 is 2.37 bits per heavy atom. The van der Waals surface area contributed by atoms with Crippen LogP contribution in [0.5, 0.6) is 5.75 Å². The van der Waals surface area contributed by atoms with Gasteiger partial charge in [0.2, 0.25) is 10.0 Å². The van der Waals surface area contributed by atoms with E-state index in [0.717, 1.165) is 25.7 Å². The topological polar surface area (TPSA) is 69.4 Å². The summed E-state index contributed by atoms with van der Waals surface area (Å²) >= 11 is 5.82. The van der Waals surface area contributed by atoms with E-state index in [4.69, 9.17) is 21.5 Å². The third-order valence-corrected chi connectivity index (χ3v) is 4.48. The minimum Gasteiger partial charge on any atom is -0.489 e. The van der Waals surface area contributed by atoms with Crippen molar-refractivity contribution < 1.29 is 13.2 Å². The van der Waals surface area contributed by atoms with Gasteiger partial charge in [-0.15, -0.1) is 0 Å². The Balaban J connectivity index is 2.24. The lowest BCUT2D eigenvalue weighted by Gasteiger charge is -2.18. The van der Waals surface area contributed by atoms with Gasteiger partial charge < -0.3 is 4.74 Å². The molecule has 0 aromatic heterocycles. The first-order chi connectivity index (χ1) is 8.97. The monoisotopic (exact) mass is 303 g/mol. The van der Waals surface area contributed by atoms with Gasteiger partial charge in [-0.3, -0.25) is 0 Å². The van der Waals surface area contributed by atoms with Crippen molar-refractivity contribution in [2.24, 2.45) is 5.14 Å². The van der Waals surface area contributed by atoms with Crippen LogP contribution in [0.15, 0.2) is 23.1 Å². The Bertz CT molecular complexity index is 537. The average molecular weight is 304 g/mol. The number of ether oxygens (including phenoxy) is 1. The summed E-state index contributed by atoms with van der Waals surface area (Å²) in [6, 6.07) is 4.53. The summed E-state index contributed by atoms with van der Waals surface area (Å²) in [6.45, 7) is 0. The maximum absolute atomic E-state index is 11.6. The zero-order valence-corrected chi connectivity index (χ0v) is 12.2. The molecule has 0 spiro atoms. The molecule has 2 N–H and O–H groups in total. The highest BCUT2D eigenvalue weighted by molar-refractivity contribution is 7.89. The Morgan fingerprint density at radius 1 is 1.16 bits per heavy atom. The van der Waals surface area contributed by atoms with Crippen LogP contribution in [-0.4, -0.2) is 14.5 Å². The van der Waals surface area contributed by atoms with E-state index in [0.29, 0.717) is 10.8 Å². The second kappa shape index (κ2) is 6.11. The van der Waals surface area contributed by atoms with Crippen molar-refractivity contribution >= 4 is 21.6 Å². The van der Waals surface area contributed by atoms with E-state index in [1.165, 1.54) is 18.9 Å². The average Bonchev–Trinajstić information content (AvgIpc) is 2.59. The molecule has 19 heavy (non-hydrogen) atoms. The molecule has 1 aliphatic rings. The van der Waals surface area contributed by atoms with Gasteiger partial charge in [-0.05, 0) is 43.9 Å². The molecule has 0 saturated heterocycles. The summed E-state index contributed by atoms with van der Waals surface area (Å²) in [5.41, 5.74) is 0. The number of nitrogens with two attached hydrogens (primary N) is 1. The maximum Gasteiger partial charge on any atom is 0.241 e. The van der Waals surface area contributed by atoms with Crippen molar-refractivity contribution in [1.29, 1.82) is 0 Å². The summed E-state index contributed by atoms with van der Waals surface area (Å²) in [4.78, 5) is -0.0377. The van der Waals surface area contributed by atoms with E-state index in [-0.39, 0.29) is 11.0 Å². The van der Waals surface area contributed by atoms with Gasteiger partial charge in [0.25, 0.3) is 0 Å². The fourth-order valence-electron chi connectivity index (χ4n) is 2.34. The van der Waals surface area contributed by atoms with E-state index in [1.54, 1.807) is 12.1 Å². The molecular formula is C13H18ClNO3S. The lowest BCUT2D eigenvalue weighted by Crippen LogP contribution is -2.19. The van der Waals surface area contributed by atoms with E-state index in [9.17, 15) is 8.42 Å². The summed E-state index contributed by atoms with van der Waals surface area (Å²) in [5.74, 6) is 0.304. The van der Waals surface area contributed by atoms with Gasteiger partial charge in [0.1, 0.15) is 10.6 Å². The second-order valence-electron chi connectivity index (χ2n) is 4.87. The van der Waals surface area contributed by atoms with Crippen molar-refractivity contribution in [3.63, 3.8) is 0 Å². The third-order valence-electron chi connectivity index (χ3n) is 3.31. The van der Waals surface area contributed by atoms with E-state index in [2.05, 4.69) is 0 Å². The molecule has 6 heteroatoms. The number of primary sulfonamides is 1. The van der Waals surface area contributed by atoms with Gasteiger partial charge in [-0.2, -0.15) is 0 Å². The molecule has 0 aliphatic heterocycles. The van der Waals surface area contributed by atoms with Crippen LogP contribution in [0.3, 0.4) is 0 Å². The molecule has 1 aliphatic carbocycles. The summed E-state index contributed by atoms with van der Waals surface area (Å²) in [5, 5.41) is 5.53. The normalized spacial score (nSPS) is 18.0. The van der Waals surface area contributed by atoms with E-state index in [1.807, 2.05) is 0 Å². The number of hydrogen-bond acceptors (Lipinski definition) is 3. The molecule has 0 atom stereocenters. The van der Waals surface area contributed by atoms with Crippen molar-refractivity contribution in [3.05, 3.63) is 23.2 Å². The molecule has 0 radical (unpaired) electrons. The zero-order valence-electron chi connectivity index (χ0n) is 10.6. The number of hydrogen-bond donors (Lipinski definition) is 1. The molecule has 0 unspecified atom stereocenters. The van der Waals surface area contributed by atoms with Crippen molar-refractivity contribution in [3.8, 4) is 5.75 Å². The Hall–Kier alpha value is -0.780. The highest BCUT2D eigenvalue weighted by Crippen LogP contribution is 2.29. The molecule has 1 fully saturated rings. The first-order valence-corrected chi connectivity index (χ1v) is 8.38. The van der Waals surface area contributed by atoms with Crippen LogP contribution in [0.2, 0.25) is 5.02 Å². The Morgan fingerprint density at radius 2 is 1.79 bits per heavy atom. The molecule has 0 bridgehead atoms. The van der Waals surface area contributed by atoms with Crippen LogP contribution >= 0.6 is 11.6 Å². The predicted octanol–water partition coefficient (Wildman–Crippen LogP) is 3.09. The van der Waals surface area contributed by atoms with Crippen molar-refractivity contribution in [1.82, 2.24) is 0 Å². The van der Waals surface area contributed by atoms with Crippen LogP contribution in [0.25, 0.3) is 0 Å². The quantitative estimate of drug-likeness (QED) is 0.872. The number of benzene rings is 1. The maximum atomic E-state index is 11.6. The van der Waals surface area contributed by atoms with Crippen LogP contribution in [0, 0.1) is 0 Å². The molecule has 0 heterocycles. The highest BCUT2D eigenvalue weighted by atomic mass is 35.5. The van der Waals surface area contributed by atoms with Gasteiger partial charge in [0, 0.05) is 5.02 Å². The van der Waals surface area contributed by atoms with E-state index >= 15 is 0 Å².